The van der Waals surface area contributed by atoms with Crippen molar-refractivity contribution in [1.82, 2.24) is 0 Å². The fraction of sp³-hybridized carbons (Fsp3) is 0.500. The summed E-state index contributed by atoms with van der Waals surface area (Å²) in [6.45, 7) is 4.17. The first-order chi connectivity index (χ1) is 9.60. The number of ketones is 1. The zero-order valence-electron chi connectivity index (χ0n) is 12.7. The highest BCUT2D eigenvalue weighted by Crippen LogP contribution is 2.43. The molecule has 0 bridgehead atoms. The lowest BCUT2D eigenvalue weighted by atomic mass is 9.70. The predicted molar refractivity (Wildman–Crippen MR) is 82.6 cm³/mol. The SMILES string of the molecule is C/C=C/C(=O)c1ccc(OC)c(C2(C)CCCCC2)c1. The van der Waals surface area contributed by atoms with Crippen molar-refractivity contribution >= 4 is 5.78 Å². The van der Waals surface area contributed by atoms with E-state index < -0.39 is 0 Å². The Balaban J connectivity index is 2.43. The first kappa shape index (κ1) is 14.8. The van der Waals surface area contributed by atoms with Gasteiger partial charge in [0.2, 0.25) is 0 Å². The van der Waals surface area contributed by atoms with Crippen LogP contribution in [0.4, 0.5) is 0 Å². The fourth-order valence-electron chi connectivity index (χ4n) is 3.18. The van der Waals surface area contributed by atoms with Gasteiger partial charge < -0.3 is 4.74 Å². The quantitative estimate of drug-likeness (QED) is 0.588. The maximum atomic E-state index is 12.1. The van der Waals surface area contributed by atoms with Crippen LogP contribution >= 0.6 is 0 Å². The van der Waals surface area contributed by atoms with E-state index >= 15 is 0 Å². The molecule has 108 valence electrons. The summed E-state index contributed by atoms with van der Waals surface area (Å²) in [6, 6.07) is 5.83. The topological polar surface area (TPSA) is 26.3 Å². The van der Waals surface area contributed by atoms with Gasteiger partial charge in [-0.2, -0.15) is 0 Å². The second-order valence-electron chi connectivity index (χ2n) is 5.90. The summed E-state index contributed by atoms with van der Waals surface area (Å²) in [7, 11) is 1.71. The molecule has 0 N–H and O–H groups in total. The average molecular weight is 272 g/mol. The largest absolute Gasteiger partial charge is 0.496 e. The average Bonchev–Trinajstić information content (AvgIpc) is 2.47. The molecule has 1 saturated carbocycles. The van der Waals surface area contributed by atoms with Crippen LogP contribution in [0.1, 0.15) is 61.9 Å². The van der Waals surface area contributed by atoms with Crippen molar-refractivity contribution in [1.29, 1.82) is 0 Å². The summed E-state index contributed by atoms with van der Waals surface area (Å²) in [4.78, 5) is 12.1. The lowest BCUT2D eigenvalue weighted by Gasteiger charge is -2.35. The highest BCUT2D eigenvalue weighted by molar-refractivity contribution is 6.04. The van der Waals surface area contributed by atoms with Crippen LogP contribution < -0.4 is 4.74 Å². The third-order valence-corrected chi connectivity index (χ3v) is 4.41. The number of rotatable bonds is 4. The van der Waals surface area contributed by atoms with Crippen LogP contribution in [0.25, 0.3) is 0 Å². The summed E-state index contributed by atoms with van der Waals surface area (Å²) >= 11 is 0. The van der Waals surface area contributed by atoms with Crippen molar-refractivity contribution in [2.45, 2.75) is 51.4 Å². The Morgan fingerprint density at radius 2 is 1.95 bits per heavy atom. The summed E-state index contributed by atoms with van der Waals surface area (Å²) < 4.78 is 5.53. The van der Waals surface area contributed by atoms with Gasteiger partial charge in [-0.15, -0.1) is 0 Å². The highest BCUT2D eigenvalue weighted by atomic mass is 16.5. The molecular weight excluding hydrogens is 248 g/mol. The molecule has 20 heavy (non-hydrogen) atoms. The molecule has 0 unspecified atom stereocenters. The number of carbonyl (C=O) groups excluding carboxylic acids is 1. The third-order valence-electron chi connectivity index (χ3n) is 4.41. The minimum absolute atomic E-state index is 0.0656. The summed E-state index contributed by atoms with van der Waals surface area (Å²) in [5, 5.41) is 0. The molecule has 0 saturated heterocycles. The summed E-state index contributed by atoms with van der Waals surface area (Å²) in [5.74, 6) is 0.974. The molecule has 1 aromatic rings. The van der Waals surface area contributed by atoms with Crippen molar-refractivity contribution in [3.63, 3.8) is 0 Å². The molecule has 2 nitrogen and oxygen atoms in total. The van der Waals surface area contributed by atoms with Crippen molar-refractivity contribution in [2.24, 2.45) is 0 Å². The molecule has 1 fully saturated rings. The minimum atomic E-state index is 0.0656. The van der Waals surface area contributed by atoms with Crippen molar-refractivity contribution in [3.8, 4) is 5.75 Å². The number of carbonyl (C=O) groups is 1. The molecule has 0 aliphatic heterocycles. The monoisotopic (exact) mass is 272 g/mol. The van der Waals surface area contributed by atoms with Crippen LogP contribution in [0, 0.1) is 0 Å². The molecule has 0 atom stereocenters. The van der Waals surface area contributed by atoms with Gasteiger partial charge in [0.1, 0.15) is 5.75 Å². The van der Waals surface area contributed by atoms with Gasteiger partial charge in [0, 0.05) is 11.1 Å². The van der Waals surface area contributed by atoms with E-state index in [0.717, 1.165) is 11.3 Å². The Morgan fingerprint density at radius 1 is 1.25 bits per heavy atom. The van der Waals surface area contributed by atoms with E-state index in [2.05, 4.69) is 6.92 Å². The molecule has 2 rings (SSSR count). The molecule has 1 aromatic carbocycles. The van der Waals surface area contributed by atoms with E-state index in [1.54, 1.807) is 19.3 Å². The van der Waals surface area contributed by atoms with Crippen molar-refractivity contribution < 1.29 is 9.53 Å². The number of hydrogen-bond donors (Lipinski definition) is 0. The Morgan fingerprint density at radius 3 is 2.55 bits per heavy atom. The molecule has 0 spiro atoms. The second-order valence-corrected chi connectivity index (χ2v) is 5.90. The van der Waals surface area contributed by atoms with E-state index in [0.29, 0.717) is 0 Å². The number of methoxy groups -OCH3 is 1. The summed E-state index contributed by atoms with van der Waals surface area (Å²) in [6.07, 6.45) is 9.58. The Bertz CT molecular complexity index is 508. The van der Waals surface area contributed by atoms with Gasteiger partial charge in [-0.05, 0) is 49.5 Å². The molecule has 0 aromatic heterocycles. The zero-order chi connectivity index (χ0) is 14.6. The van der Waals surface area contributed by atoms with Crippen LogP contribution in [0.3, 0.4) is 0 Å². The van der Waals surface area contributed by atoms with E-state index in [4.69, 9.17) is 4.74 Å². The van der Waals surface area contributed by atoms with E-state index in [1.807, 2.05) is 25.1 Å². The van der Waals surface area contributed by atoms with E-state index in [-0.39, 0.29) is 11.2 Å². The Hall–Kier alpha value is -1.57. The van der Waals surface area contributed by atoms with Crippen molar-refractivity contribution in [3.05, 3.63) is 41.5 Å². The number of allylic oxidation sites excluding steroid dienone is 2. The van der Waals surface area contributed by atoms with E-state index in [1.165, 1.54) is 37.7 Å². The molecule has 0 heterocycles. The first-order valence-corrected chi connectivity index (χ1v) is 7.46. The first-order valence-electron chi connectivity index (χ1n) is 7.46. The van der Waals surface area contributed by atoms with Crippen LogP contribution in [0.5, 0.6) is 5.75 Å². The summed E-state index contributed by atoms with van der Waals surface area (Å²) in [5.41, 5.74) is 2.08. The van der Waals surface area contributed by atoms with Gasteiger partial charge in [-0.25, -0.2) is 0 Å². The van der Waals surface area contributed by atoms with Gasteiger partial charge in [-0.3, -0.25) is 4.79 Å². The molecule has 0 amide bonds. The van der Waals surface area contributed by atoms with Gasteiger partial charge in [-0.1, -0.05) is 32.3 Å². The molecule has 2 heteroatoms. The zero-order valence-corrected chi connectivity index (χ0v) is 12.7. The van der Waals surface area contributed by atoms with Crippen LogP contribution in [-0.4, -0.2) is 12.9 Å². The van der Waals surface area contributed by atoms with Gasteiger partial charge in [0.25, 0.3) is 0 Å². The lowest BCUT2D eigenvalue weighted by Crippen LogP contribution is -2.26. The third kappa shape index (κ3) is 2.95. The fourth-order valence-corrected chi connectivity index (χ4v) is 3.18. The molecule has 1 aliphatic rings. The number of benzene rings is 1. The number of ether oxygens (including phenoxy) is 1. The highest BCUT2D eigenvalue weighted by Gasteiger charge is 2.31. The van der Waals surface area contributed by atoms with E-state index in [9.17, 15) is 4.79 Å². The van der Waals surface area contributed by atoms with Crippen LogP contribution in [0.2, 0.25) is 0 Å². The maximum absolute atomic E-state index is 12.1. The van der Waals surface area contributed by atoms with Crippen LogP contribution in [-0.2, 0) is 5.41 Å². The standard InChI is InChI=1S/C18H24O2/c1-4-8-16(19)14-9-10-17(20-3)15(13-14)18(2)11-6-5-7-12-18/h4,8-10,13H,5-7,11-12H2,1-3H3/b8-4+. The minimum Gasteiger partial charge on any atom is -0.496 e. The smallest absolute Gasteiger partial charge is 0.185 e. The number of hydrogen-bond acceptors (Lipinski definition) is 2. The molecule has 0 radical (unpaired) electrons. The van der Waals surface area contributed by atoms with Gasteiger partial charge in [0.15, 0.2) is 5.78 Å². The lowest BCUT2D eigenvalue weighted by molar-refractivity contribution is 0.104. The predicted octanol–water partition coefficient (Wildman–Crippen LogP) is 4.68. The molecule has 1 aliphatic carbocycles. The van der Waals surface area contributed by atoms with Crippen molar-refractivity contribution in [2.75, 3.05) is 7.11 Å². The molecular formula is C18H24O2. The normalized spacial score (nSPS) is 18.1. The van der Waals surface area contributed by atoms with Gasteiger partial charge in [0.05, 0.1) is 7.11 Å². The second kappa shape index (κ2) is 6.25. The van der Waals surface area contributed by atoms with Gasteiger partial charge >= 0.3 is 0 Å². The Labute approximate surface area is 121 Å². The maximum Gasteiger partial charge on any atom is 0.185 e. The van der Waals surface area contributed by atoms with Crippen LogP contribution in [0.15, 0.2) is 30.4 Å². The Kier molecular flexibility index (Phi) is 4.64.